The van der Waals surface area contributed by atoms with Crippen LogP contribution in [0.25, 0.3) is 0 Å². The van der Waals surface area contributed by atoms with Gasteiger partial charge in [-0.05, 0) is 37.4 Å². The molecular weight excluding hydrogens is 427 g/mol. The zero-order valence-corrected chi connectivity index (χ0v) is 18.1. The third-order valence-corrected chi connectivity index (χ3v) is 4.63. The summed E-state index contributed by atoms with van der Waals surface area (Å²) in [5.41, 5.74) is 2.66. The maximum atomic E-state index is 5.03. The number of ether oxygens (including phenoxy) is 1. The Morgan fingerprint density at radius 1 is 1.20 bits per heavy atom. The highest BCUT2D eigenvalue weighted by Crippen LogP contribution is 2.19. The van der Waals surface area contributed by atoms with Gasteiger partial charge in [-0.25, -0.2) is 0 Å². The summed E-state index contributed by atoms with van der Waals surface area (Å²) in [5, 5.41) is 6.54. The molecule has 1 unspecified atom stereocenters. The lowest BCUT2D eigenvalue weighted by molar-refractivity contribution is 0.152. The third-order valence-electron chi connectivity index (χ3n) is 4.63. The first-order valence-corrected chi connectivity index (χ1v) is 8.98. The molecule has 1 atom stereocenters. The van der Waals surface area contributed by atoms with Crippen LogP contribution in [0.2, 0.25) is 0 Å². The maximum Gasteiger partial charge on any atom is 0.191 e. The summed E-state index contributed by atoms with van der Waals surface area (Å²) < 4.78 is 5.03. The number of methoxy groups -OCH3 is 1. The highest BCUT2D eigenvalue weighted by Gasteiger charge is 2.17. The van der Waals surface area contributed by atoms with E-state index >= 15 is 0 Å². The molecule has 1 heterocycles. The molecule has 0 saturated carbocycles. The molecule has 0 aromatic heterocycles. The summed E-state index contributed by atoms with van der Waals surface area (Å²) in [6, 6.07) is 9.62. The highest BCUT2D eigenvalue weighted by molar-refractivity contribution is 14.0. The number of piperidine rings is 1. The van der Waals surface area contributed by atoms with Gasteiger partial charge in [0.25, 0.3) is 0 Å². The molecule has 1 aliphatic heterocycles. The van der Waals surface area contributed by atoms with Crippen LogP contribution in [-0.2, 0) is 17.8 Å². The number of rotatable bonds is 7. The van der Waals surface area contributed by atoms with E-state index in [1.54, 1.807) is 14.2 Å². The highest BCUT2D eigenvalue weighted by atomic mass is 127. The van der Waals surface area contributed by atoms with Crippen LogP contribution in [0, 0.1) is 0 Å². The van der Waals surface area contributed by atoms with Crippen molar-refractivity contribution >= 4 is 29.9 Å². The molecule has 0 amide bonds. The van der Waals surface area contributed by atoms with Crippen LogP contribution in [-0.4, -0.2) is 50.8 Å². The number of hydrogen-bond donors (Lipinski definition) is 2. The Bertz CT molecular complexity index is 507. The van der Waals surface area contributed by atoms with Gasteiger partial charge in [-0.15, -0.1) is 24.0 Å². The van der Waals surface area contributed by atoms with E-state index in [1.165, 1.54) is 36.9 Å². The van der Waals surface area contributed by atoms with E-state index in [0.717, 1.165) is 25.6 Å². The van der Waals surface area contributed by atoms with Crippen molar-refractivity contribution in [3.8, 4) is 0 Å². The molecule has 1 aliphatic rings. The largest absolute Gasteiger partial charge is 0.383 e. The van der Waals surface area contributed by atoms with Crippen molar-refractivity contribution in [1.82, 2.24) is 15.5 Å². The molecule has 0 radical (unpaired) electrons. The predicted molar refractivity (Wildman–Crippen MR) is 116 cm³/mol. The van der Waals surface area contributed by atoms with Crippen molar-refractivity contribution in [2.45, 2.75) is 45.3 Å². The Balaban J connectivity index is 0.00000312. The van der Waals surface area contributed by atoms with E-state index in [-0.39, 0.29) is 24.0 Å². The molecule has 0 aliphatic carbocycles. The minimum atomic E-state index is 0. The maximum absolute atomic E-state index is 5.03. The number of nitrogens with zero attached hydrogens (tertiary/aromatic N) is 2. The van der Waals surface area contributed by atoms with Crippen LogP contribution in [0.5, 0.6) is 0 Å². The lowest BCUT2D eigenvalue weighted by atomic mass is 10.0. The molecule has 0 bridgehead atoms. The molecule has 2 N–H and O–H groups in total. The molecule has 2 rings (SSSR count). The van der Waals surface area contributed by atoms with E-state index in [9.17, 15) is 0 Å². The molecular formula is C19H33IN4O. The van der Waals surface area contributed by atoms with Crippen molar-refractivity contribution in [2.24, 2.45) is 4.99 Å². The van der Waals surface area contributed by atoms with Crippen molar-refractivity contribution in [3.05, 3.63) is 35.4 Å². The van der Waals surface area contributed by atoms with E-state index in [1.807, 2.05) is 0 Å². The molecule has 5 nitrogen and oxygen atoms in total. The van der Waals surface area contributed by atoms with Gasteiger partial charge in [0.15, 0.2) is 5.96 Å². The van der Waals surface area contributed by atoms with Gasteiger partial charge in [0, 0.05) is 39.8 Å². The zero-order valence-electron chi connectivity index (χ0n) is 15.8. The van der Waals surface area contributed by atoms with Gasteiger partial charge in [-0.1, -0.05) is 30.7 Å². The minimum absolute atomic E-state index is 0. The van der Waals surface area contributed by atoms with E-state index in [2.05, 4.69) is 51.7 Å². The van der Waals surface area contributed by atoms with Gasteiger partial charge in [0.2, 0.25) is 0 Å². The van der Waals surface area contributed by atoms with Crippen molar-refractivity contribution in [3.63, 3.8) is 0 Å². The molecule has 1 saturated heterocycles. The molecule has 1 aromatic rings. The fourth-order valence-corrected chi connectivity index (χ4v) is 3.07. The first kappa shape index (κ1) is 22.2. The molecule has 142 valence electrons. The lowest BCUT2D eigenvalue weighted by Crippen LogP contribution is -2.38. The van der Waals surface area contributed by atoms with Gasteiger partial charge in [-0.3, -0.25) is 9.89 Å². The van der Waals surface area contributed by atoms with E-state index in [0.29, 0.717) is 12.6 Å². The molecule has 25 heavy (non-hydrogen) atoms. The number of hydrogen-bond acceptors (Lipinski definition) is 3. The molecule has 6 heteroatoms. The second-order valence-electron chi connectivity index (χ2n) is 6.48. The summed E-state index contributed by atoms with van der Waals surface area (Å²) in [6.07, 6.45) is 4.04. The van der Waals surface area contributed by atoms with Crippen molar-refractivity contribution in [2.75, 3.05) is 33.9 Å². The summed E-state index contributed by atoms with van der Waals surface area (Å²) >= 11 is 0. The second-order valence-corrected chi connectivity index (χ2v) is 6.48. The van der Waals surface area contributed by atoms with Crippen molar-refractivity contribution < 1.29 is 4.74 Å². The monoisotopic (exact) mass is 460 g/mol. The molecule has 0 spiro atoms. The minimum Gasteiger partial charge on any atom is -0.383 e. The number of nitrogens with one attached hydrogen (secondary N) is 2. The number of aliphatic imine (C=N–C) groups is 1. The topological polar surface area (TPSA) is 48.9 Å². The van der Waals surface area contributed by atoms with Crippen LogP contribution >= 0.6 is 24.0 Å². The van der Waals surface area contributed by atoms with Crippen LogP contribution < -0.4 is 10.6 Å². The number of benzene rings is 1. The van der Waals surface area contributed by atoms with Crippen LogP contribution in [0.3, 0.4) is 0 Å². The van der Waals surface area contributed by atoms with Crippen LogP contribution in [0.1, 0.15) is 37.3 Å². The standard InChI is InChI=1S/C19H32N4O.HI/c1-16-6-4-5-12-23(16)15-18-9-7-17(8-10-18)14-22-19(20-2)21-11-13-24-3;/h7-10,16H,4-6,11-15H2,1-3H3,(H2,20,21,22);1H. The van der Waals surface area contributed by atoms with Gasteiger partial charge in [0.1, 0.15) is 0 Å². The number of likely N-dealkylation sites (tertiary alicyclic amines) is 1. The summed E-state index contributed by atoms with van der Waals surface area (Å²) in [4.78, 5) is 6.81. The van der Waals surface area contributed by atoms with E-state index in [4.69, 9.17) is 4.74 Å². The van der Waals surface area contributed by atoms with Crippen LogP contribution in [0.4, 0.5) is 0 Å². The lowest BCUT2D eigenvalue weighted by Gasteiger charge is -2.33. The zero-order chi connectivity index (χ0) is 17.2. The summed E-state index contributed by atoms with van der Waals surface area (Å²) in [5.74, 6) is 0.804. The van der Waals surface area contributed by atoms with Gasteiger partial charge >= 0.3 is 0 Å². The van der Waals surface area contributed by atoms with Gasteiger partial charge in [0.05, 0.1) is 6.61 Å². The predicted octanol–water partition coefficient (Wildman–Crippen LogP) is 2.99. The summed E-state index contributed by atoms with van der Waals surface area (Å²) in [6.45, 7) is 6.84. The first-order chi connectivity index (χ1) is 11.7. The third kappa shape index (κ3) is 7.92. The Morgan fingerprint density at radius 3 is 2.56 bits per heavy atom. The molecule has 1 aromatic carbocycles. The van der Waals surface area contributed by atoms with Crippen LogP contribution in [0.15, 0.2) is 29.3 Å². The SMILES string of the molecule is CN=C(NCCOC)NCc1ccc(CN2CCCCC2C)cc1.I. The Morgan fingerprint density at radius 2 is 1.92 bits per heavy atom. The van der Waals surface area contributed by atoms with E-state index < -0.39 is 0 Å². The molecule has 1 fully saturated rings. The Kier molecular flexibility index (Phi) is 11.1. The van der Waals surface area contributed by atoms with Crippen molar-refractivity contribution in [1.29, 1.82) is 0 Å². The average molecular weight is 460 g/mol. The normalized spacial score (nSPS) is 18.5. The van der Waals surface area contributed by atoms with Gasteiger partial charge < -0.3 is 15.4 Å². The number of guanidine groups is 1. The Labute approximate surface area is 169 Å². The fourth-order valence-electron chi connectivity index (χ4n) is 3.07. The fraction of sp³-hybridized carbons (Fsp3) is 0.632. The quantitative estimate of drug-likeness (QED) is 0.284. The van der Waals surface area contributed by atoms with Gasteiger partial charge in [-0.2, -0.15) is 0 Å². The Hall–Kier alpha value is -0.860. The first-order valence-electron chi connectivity index (χ1n) is 8.98. The smallest absolute Gasteiger partial charge is 0.191 e. The average Bonchev–Trinajstić information content (AvgIpc) is 2.61. The number of halogens is 1. The second kappa shape index (κ2) is 12.5. The summed E-state index contributed by atoms with van der Waals surface area (Å²) in [7, 11) is 3.48.